The first kappa shape index (κ1) is 15.1. The molecule has 1 aromatic heterocycles. The topological polar surface area (TPSA) is 76.8 Å². The van der Waals surface area contributed by atoms with Gasteiger partial charge in [0, 0.05) is 5.56 Å². The molecule has 0 radical (unpaired) electrons. The van der Waals surface area contributed by atoms with Crippen LogP contribution in [0.3, 0.4) is 0 Å². The van der Waals surface area contributed by atoms with E-state index in [2.05, 4.69) is 10.5 Å². The number of aliphatic hydroxyl groups excluding tert-OH is 1. The zero-order chi connectivity index (χ0) is 15.7. The summed E-state index contributed by atoms with van der Waals surface area (Å²) in [6.45, 7) is 2.40. The lowest BCUT2D eigenvalue weighted by Crippen LogP contribution is -2.22. The molecule has 1 aliphatic rings. The van der Waals surface area contributed by atoms with Gasteiger partial charge >= 0.3 is 0 Å². The number of nitrogens with one attached hydrogen (secondary N) is 1. The lowest BCUT2D eigenvalue weighted by molar-refractivity contribution is -0.0467. The highest BCUT2D eigenvalue weighted by molar-refractivity contribution is 5.89. The van der Waals surface area contributed by atoms with Gasteiger partial charge in [-0.3, -0.25) is 0 Å². The van der Waals surface area contributed by atoms with Crippen LogP contribution in [0.2, 0.25) is 0 Å². The summed E-state index contributed by atoms with van der Waals surface area (Å²) in [5, 5.41) is 16.2. The van der Waals surface area contributed by atoms with E-state index in [-0.39, 0.29) is 35.0 Å². The van der Waals surface area contributed by atoms with E-state index in [0.29, 0.717) is 19.6 Å². The summed E-state index contributed by atoms with van der Waals surface area (Å²) in [4.78, 5) is 0. The molecule has 0 aliphatic carbocycles. The summed E-state index contributed by atoms with van der Waals surface area (Å²) < 4.78 is 43.6. The number of hydrogen-bond donors (Lipinski definition) is 2. The number of rotatable bonds is 5. The molecule has 3 rings (SSSR count). The van der Waals surface area contributed by atoms with Crippen molar-refractivity contribution in [2.45, 2.75) is 25.7 Å². The highest BCUT2D eigenvalue weighted by atomic mass is 19.2. The fourth-order valence-corrected chi connectivity index (χ4v) is 2.32. The lowest BCUT2D eigenvalue weighted by atomic mass is 10.1. The number of fused-ring (bicyclic) bond motifs is 1. The summed E-state index contributed by atoms with van der Waals surface area (Å²) in [5.41, 5.74) is -0.319. The van der Waals surface area contributed by atoms with Crippen molar-refractivity contribution in [1.29, 1.82) is 0 Å². The Kier molecular flexibility index (Phi) is 4.23. The van der Waals surface area contributed by atoms with Crippen molar-refractivity contribution in [2.75, 3.05) is 25.1 Å². The van der Waals surface area contributed by atoms with Crippen LogP contribution in [0.1, 0.15) is 25.2 Å². The van der Waals surface area contributed by atoms with Crippen LogP contribution in [0.5, 0.6) is 0 Å². The first-order chi connectivity index (χ1) is 10.7. The van der Waals surface area contributed by atoms with E-state index in [1.54, 1.807) is 0 Å². The number of aromatic nitrogens is 1. The Morgan fingerprint density at radius 2 is 2.09 bits per heavy atom. The second-order valence-corrected chi connectivity index (χ2v) is 5.01. The van der Waals surface area contributed by atoms with E-state index in [9.17, 15) is 13.9 Å². The maximum absolute atomic E-state index is 14.1. The van der Waals surface area contributed by atoms with Crippen molar-refractivity contribution in [3.8, 4) is 0 Å². The number of nitrogens with zero attached hydrogens (tertiary/aromatic N) is 1. The second-order valence-electron chi connectivity index (χ2n) is 5.01. The monoisotopic (exact) mass is 314 g/mol. The Labute approximate surface area is 125 Å². The van der Waals surface area contributed by atoms with Gasteiger partial charge in [0.25, 0.3) is 0 Å². The molecule has 1 unspecified atom stereocenters. The fourth-order valence-electron chi connectivity index (χ4n) is 2.32. The molecule has 1 aliphatic heterocycles. The van der Waals surface area contributed by atoms with Crippen LogP contribution in [0.4, 0.5) is 14.6 Å². The summed E-state index contributed by atoms with van der Waals surface area (Å²) in [6.07, 6.45) is -0.308. The molecule has 0 bridgehead atoms. The second kappa shape index (κ2) is 6.15. The molecular weight excluding hydrogens is 298 g/mol. The van der Waals surface area contributed by atoms with Crippen LogP contribution < -0.4 is 5.32 Å². The molecule has 0 amide bonds. The van der Waals surface area contributed by atoms with Crippen molar-refractivity contribution >= 4 is 16.8 Å². The average molecular weight is 314 g/mol. The van der Waals surface area contributed by atoms with Crippen LogP contribution in [0, 0.1) is 11.6 Å². The zero-order valence-electron chi connectivity index (χ0n) is 11.9. The largest absolute Gasteiger partial charge is 0.394 e. The van der Waals surface area contributed by atoms with Gasteiger partial charge in [0.05, 0.1) is 31.2 Å². The van der Waals surface area contributed by atoms with E-state index in [1.807, 2.05) is 6.92 Å². The third-order valence-electron chi connectivity index (χ3n) is 3.60. The van der Waals surface area contributed by atoms with Crippen molar-refractivity contribution in [2.24, 2.45) is 0 Å². The van der Waals surface area contributed by atoms with Gasteiger partial charge < -0.3 is 24.4 Å². The fraction of sp³-hybridized carbons (Fsp3) is 0.500. The minimum Gasteiger partial charge on any atom is -0.394 e. The SMILES string of the molecule is CCC(CO)Nc1noc2c(F)c(F)c(C3OCCO3)cc12. The molecular formula is C14H16F2N2O4. The predicted octanol–water partition coefficient (Wildman–Crippen LogP) is 2.33. The minimum absolute atomic E-state index is 0.0363. The van der Waals surface area contributed by atoms with Crippen LogP contribution in [-0.2, 0) is 9.47 Å². The average Bonchev–Trinajstić information content (AvgIpc) is 3.18. The molecule has 2 N–H and O–H groups in total. The number of anilines is 1. The van der Waals surface area contributed by atoms with Crippen LogP contribution in [-0.4, -0.2) is 36.1 Å². The molecule has 1 atom stereocenters. The molecule has 1 fully saturated rings. The number of aliphatic hydroxyl groups is 1. The van der Waals surface area contributed by atoms with E-state index >= 15 is 0 Å². The highest BCUT2D eigenvalue weighted by Crippen LogP contribution is 2.34. The van der Waals surface area contributed by atoms with Crippen LogP contribution in [0.25, 0.3) is 11.0 Å². The van der Waals surface area contributed by atoms with Gasteiger partial charge in [0.1, 0.15) is 0 Å². The van der Waals surface area contributed by atoms with Crippen molar-refractivity contribution in [1.82, 2.24) is 5.16 Å². The van der Waals surface area contributed by atoms with E-state index < -0.39 is 17.9 Å². The molecule has 1 aromatic carbocycles. The predicted molar refractivity (Wildman–Crippen MR) is 73.4 cm³/mol. The number of halogens is 2. The van der Waals surface area contributed by atoms with Crippen molar-refractivity contribution in [3.05, 3.63) is 23.3 Å². The number of hydrogen-bond acceptors (Lipinski definition) is 6. The van der Waals surface area contributed by atoms with Gasteiger partial charge in [-0.2, -0.15) is 4.39 Å². The van der Waals surface area contributed by atoms with Crippen molar-refractivity contribution < 1.29 is 27.9 Å². The third kappa shape index (κ3) is 2.53. The number of benzene rings is 1. The Balaban J connectivity index is 2.05. The van der Waals surface area contributed by atoms with Gasteiger partial charge in [0.15, 0.2) is 17.9 Å². The summed E-state index contributed by atoms with van der Waals surface area (Å²) in [5.74, 6) is -1.96. The quantitative estimate of drug-likeness (QED) is 0.882. The standard InChI is InChI=1S/C14H16F2N2O4/c1-2-7(6-19)17-13-9-5-8(14-20-3-4-21-14)10(15)11(16)12(9)22-18-13/h5,7,14,19H,2-4,6H2,1H3,(H,17,18). The first-order valence-electron chi connectivity index (χ1n) is 7.03. The molecule has 6 nitrogen and oxygen atoms in total. The molecule has 1 saturated heterocycles. The van der Waals surface area contributed by atoms with Gasteiger partial charge in [0.2, 0.25) is 11.4 Å². The molecule has 2 heterocycles. The molecule has 0 saturated carbocycles. The number of ether oxygens (including phenoxy) is 2. The van der Waals surface area contributed by atoms with E-state index in [1.165, 1.54) is 6.07 Å². The lowest BCUT2D eigenvalue weighted by Gasteiger charge is -2.14. The Hall–Kier alpha value is -1.77. The zero-order valence-corrected chi connectivity index (χ0v) is 11.9. The molecule has 0 spiro atoms. The maximum Gasteiger partial charge on any atom is 0.207 e. The molecule has 22 heavy (non-hydrogen) atoms. The third-order valence-corrected chi connectivity index (χ3v) is 3.60. The van der Waals surface area contributed by atoms with Gasteiger partial charge in [-0.05, 0) is 12.5 Å². The maximum atomic E-state index is 14.1. The van der Waals surface area contributed by atoms with Gasteiger partial charge in [-0.15, -0.1) is 0 Å². The smallest absolute Gasteiger partial charge is 0.207 e. The normalized spacial score (nSPS) is 17.3. The van der Waals surface area contributed by atoms with E-state index in [4.69, 9.17) is 14.0 Å². The van der Waals surface area contributed by atoms with Gasteiger partial charge in [-0.1, -0.05) is 12.1 Å². The van der Waals surface area contributed by atoms with E-state index in [0.717, 1.165) is 0 Å². The van der Waals surface area contributed by atoms with Crippen LogP contribution in [0.15, 0.2) is 10.6 Å². The molecule has 120 valence electrons. The Bertz CT molecular complexity index is 666. The first-order valence-corrected chi connectivity index (χ1v) is 7.03. The van der Waals surface area contributed by atoms with Gasteiger partial charge in [-0.25, -0.2) is 4.39 Å². The Morgan fingerprint density at radius 1 is 1.36 bits per heavy atom. The molecule has 8 heteroatoms. The minimum atomic E-state index is -1.14. The summed E-state index contributed by atoms with van der Waals surface area (Å²) in [6, 6.07) is 1.14. The summed E-state index contributed by atoms with van der Waals surface area (Å²) in [7, 11) is 0. The summed E-state index contributed by atoms with van der Waals surface area (Å²) >= 11 is 0. The Morgan fingerprint density at radius 3 is 2.73 bits per heavy atom. The molecule has 2 aromatic rings. The van der Waals surface area contributed by atoms with Crippen molar-refractivity contribution in [3.63, 3.8) is 0 Å². The van der Waals surface area contributed by atoms with Crippen LogP contribution >= 0.6 is 0 Å². The highest BCUT2D eigenvalue weighted by Gasteiger charge is 2.28.